The van der Waals surface area contributed by atoms with E-state index in [-0.39, 0.29) is 41.5 Å². The lowest BCUT2D eigenvalue weighted by molar-refractivity contribution is -0.141. The molecule has 1 amide bonds. The number of phenolic OH excluding ortho intramolecular Hbond substituents is 1. The number of aromatic nitrogens is 2. The molecule has 1 aromatic heterocycles. The third kappa shape index (κ3) is 5.22. The second-order valence-corrected chi connectivity index (χ2v) is 7.74. The van der Waals surface area contributed by atoms with Gasteiger partial charge in [0, 0.05) is 23.4 Å². The highest BCUT2D eigenvalue weighted by Crippen LogP contribution is 2.37. The van der Waals surface area contributed by atoms with E-state index in [1.807, 2.05) is 0 Å². The second kappa shape index (κ2) is 8.95. The summed E-state index contributed by atoms with van der Waals surface area (Å²) in [7, 11) is 0. The summed E-state index contributed by atoms with van der Waals surface area (Å²) in [6.07, 6.45) is -4.62. The first-order valence-corrected chi connectivity index (χ1v) is 10.3. The number of amides is 1. The molecule has 0 unspecified atom stereocenters. The van der Waals surface area contributed by atoms with E-state index in [1.54, 1.807) is 18.2 Å². The van der Waals surface area contributed by atoms with Crippen LogP contribution in [-0.4, -0.2) is 33.5 Å². The Morgan fingerprint density at radius 2 is 1.81 bits per heavy atom. The first-order valence-electron chi connectivity index (χ1n) is 9.36. The van der Waals surface area contributed by atoms with Crippen molar-refractivity contribution in [2.24, 2.45) is 0 Å². The predicted molar refractivity (Wildman–Crippen MR) is 111 cm³/mol. The Morgan fingerprint density at radius 1 is 1.06 bits per heavy atom. The number of carbonyl (C=O) groups is 1. The fourth-order valence-electron chi connectivity index (χ4n) is 2.84. The van der Waals surface area contributed by atoms with Crippen molar-refractivity contribution in [1.82, 2.24) is 9.97 Å². The first kappa shape index (κ1) is 21.8. The van der Waals surface area contributed by atoms with Crippen LogP contribution in [0.2, 0.25) is 0 Å². The number of thioether (sulfide) groups is 1. The third-order valence-electron chi connectivity index (χ3n) is 4.38. The number of carbonyl (C=O) groups excluding carboxylic acids is 1. The summed E-state index contributed by atoms with van der Waals surface area (Å²) < 4.78 is 50.6. The van der Waals surface area contributed by atoms with Gasteiger partial charge in [0.05, 0.1) is 5.69 Å². The molecule has 32 heavy (non-hydrogen) atoms. The average molecular weight is 463 g/mol. The molecule has 0 saturated carbocycles. The molecule has 0 radical (unpaired) electrons. The van der Waals surface area contributed by atoms with Gasteiger partial charge in [0.1, 0.15) is 11.4 Å². The van der Waals surface area contributed by atoms with Crippen LogP contribution in [0.25, 0.3) is 11.3 Å². The number of ether oxygens (including phenoxy) is 2. The monoisotopic (exact) mass is 463 g/mol. The summed E-state index contributed by atoms with van der Waals surface area (Å²) in [5.41, 5.74) is -0.0647. The molecule has 0 aliphatic carbocycles. The molecule has 2 N–H and O–H groups in total. The fraction of sp³-hybridized carbons (Fsp3) is 0.190. The smallest absolute Gasteiger partial charge is 0.433 e. The number of fused-ring (bicyclic) bond motifs is 1. The number of hydrogen-bond donors (Lipinski definition) is 2. The summed E-state index contributed by atoms with van der Waals surface area (Å²) in [5.74, 6) is 0.846. The van der Waals surface area contributed by atoms with Crippen molar-refractivity contribution < 1.29 is 32.5 Å². The van der Waals surface area contributed by atoms with Crippen molar-refractivity contribution in [3.05, 3.63) is 54.2 Å². The van der Waals surface area contributed by atoms with Gasteiger partial charge in [-0.3, -0.25) is 4.79 Å². The van der Waals surface area contributed by atoms with E-state index in [4.69, 9.17) is 9.47 Å². The Balaban J connectivity index is 1.47. The van der Waals surface area contributed by atoms with Crippen LogP contribution >= 0.6 is 11.8 Å². The zero-order valence-electron chi connectivity index (χ0n) is 16.3. The molecule has 166 valence electrons. The van der Waals surface area contributed by atoms with Gasteiger partial charge in [-0.15, -0.1) is 0 Å². The number of nitrogens with one attached hydrogen (secondary N) is 1. The minimum atomic E-state index is -4.65. The van der Waals surface area contributed by atoms with Crippen molar-refractivity contribution in [2.45, 2.75) is 17.8 Å². The minimum absolute atomic E-state index is 0.0322. The Kier molecular flexibility index (Phi) is 6.08. The van der Waals surface area contributed by atoms with Crippen LogP contribution in [0.5, 0.6) is 17.2 Å². The average Bonchev–Trinajstić information content (AvgIpc) is 3.22. The van der Waals surface area contributed by atoms with E-state index < -0.39 is 11.9 Å². The molecule has 2 heterocycles. The van der Waals surface area contributed by atoms with E-state index >= 15 is 0 Å². The van der Waals surface area contributed by atoms with Crippen LogP contribution in [0.15, 0.2) is 53.7 Å². The Hall–Kier alpha value is -3.47. The highest BCUT2D eigenvalue weighted by molar-refractivity contribution is 7.99. The first-order chi connectivity index (χ1) is 15.3. The molecule has 3 aromatic rings. The fourth-order valence-corrected chi connectivity index (χ4v) is 3.64. The normalized spacial score (nSPS) is 12.6. The molecule has 2 aromatic carbocycles. The lowest BCUT2D eigenvalue weighted by Gasteiger charge is -2.11. The lowest BCUT2D eigenvalue weighted by Crippen LogP contribution is -2.13. The summed E-state index contributed by atoms with van der Waals surface area (Å²) in [6.45, 7) is 0.0453. The second-order valence-electron chi connectivity index (χ2n) is 6.68. The van der Waals surface area contributed by atoms with Crippen LogP contribution in [0.1, 0.15) is 12.1 Å². The van der Waals surface area contributed by atoms with Crippen LogP contribution in [0.4, 0.5) is 18.9 Å². The van der Waals surface area contributed by atoms with Gasteiger partial charge >= 0.3 is 6.18 Å². The number of phenols is 1. The van der Waals surface area contributed by atoms with Crippen LogP contribution in [0, 0.1) is 0 Å². The molecule has 4 rings (SSSR count). The largest absolute Gasteiger partial charge is 0.508 e. The maximum absolute atomic E-state index is 13.4. The van der Waals surface area contributed by atoms with Crippen LogP contribution < -0.4 is 14.8 Å². The molecular formula is C21H16F3N3O4S. The zero-order valence-corrected chi connectivity index (χ0v) is 17.2. The lowest BCUT2D eigenvalue weighted by atomic mass is 10.1. The maximum Gasteiger partial charge on any atom is 0.433 e. The Morgan fingerprint density at radius 3 is 2.56 bits per heavy atom. The summed E-state index contributed by atoms with van der Waals surface area (Å²) >= 11 is 0.947. The predicted octanol–water partition coefficient (Wildman–Crippen LogP) is 4.72. The summed E-state index contributed by atoms with van der Waals surface area (Å²) in [6, 6.07) is 11.6. The number of alkyl halides is 3. The van der Waals surface area contributed by atoms with Gasteiger partial charge in [0.25, 0.3) is 0 Å². The van der Waals surface area contributed by atoms with Gasteiger partial charge in [0.15, 0.2) is 16.7 Å². The number of aromatic hydroxyl groups is 1. The van der Waals surface area contributed by atoms with Gasteiger partial charge in [-0.1, -0.05) is 11.8 Å². The minimum Gasteiger partial charge on any atom is -0.508 e. The van der Waals surface area contributed by atoms with Crippen molar-refractivity contribution in [2.75, 3.05) is 17.9 Å². The van der Waals surface area contributed by atoms with Crippen molar-refractivity contribution >= 4 is 23.4 Å². The molecule has 11 heteroatoms. The number of hydrogen-bond acceptors (Lipinski definition) is 7. The third-order valence-corrected chi connectivity index (χ3v) is 5.22. The van der Waals surface area contributed by atoms with Gasteiger partial charge < -0.3 is 19.9 Å². The standard InChI is InChI=1S/C21H16F3N3O4S/c22-21(23,24)18-10-15(12-1-6-16-17(9-12)31-11-30-16)26-20(27-18)32-8-7-19(29)25-13-2-4-14(28)5-3-13/h1-6,9-10,28H,7-8,11H2,(H,25,29). The number of anilines is 1. The van der Waals surface area contributed by atoms with Crippen molar-refractivity contribution in [3.8, 4) is 28.5 Å². The Bertz CT molecular complexity index is 1140. The van der Waals surface area contributed by atoms with Crippen molar-refractivity contribution in [1.29, 1.82) is 0 Å². The van der Waals surface area contributed by atoms with E-state index in [2.05, 4.69) is 15.3 Å². The summed E-state index contributed by atoms with van der Waals surface area (Å²) in [5, 5.41) is 11.8. The molecule has 1 aliphatic heterocycles. The highest BCUT2D eigenvalue weighted by atomic mass is 32.2. The molecule has 0 saturated heterocycles. The molecule has 1 aliphatic rings. The summed E-state index contributed by atoms with van der Waals surface area (Å²) in [4.78, 5) is 19.9. The number of benzene rings is 2. The molecule has 7 nitrogen and oxygen atoms in total. The number of nitrogens with zero attached hydrogens (tertiary/aromatic N) is 2. The molecule has 0 fully saturated rings. The maximum atomic E-state index is 13.4. The Labute approximate surface area is 184 Å². The van der Waals surface area contributed by atoms with E-state index in [0.717, 1.165) is 17.8 Å². The molecule has 0 spiro atoms. The molecule has 0 atom stereocenters. The molecular weight excluding hydrogens is 447 g/mol. The number of rotatable bonds is 6. The van der Waals surface area contributed by atoms with Crippen molar-refractivity contribution in [3.63, 3.8) is 0 Å². The number of halogens is 3. The van der Waals surface area contributed by atoms with E-state index in [0.29, 0.717) is 22.7 Å². The molecule has 0 bridgehead atoms. The van der Waals surface area contributed by atoms with Gasteiger partial charge in [-0.25, -0.2) is 9.97 Å². The van der Waals surface area contributed by atoms with E-state index in [9.17, 15) is 23.1 Å². The highest BCUT2D eigenvalue weighted by Gasteiger charge is 2.34. The zero-order chi connectivity index (χ0) is 22.7. The van der Waals surface area contributed by atoms with Crippen LogP contribution in [0.3, 0.4) is 0 Å². The topological polar surface area (TPSA) is 93.6 Å². The van der Waals surface area contributed by atoms with Gasteiger partial charge in [0.2, 0.25) is 12.7 Å². The van der Waals surface area contributed by atoms with Gasteiger partial charge in [-0.05, 0) is 48.5 Å². The van der Waals surface area contributed by atoms with E-state index in [1.165, 1.54) is 24.3 Å². The van der Waals surface area contributed by atoms with Crippen LogP contribution in [-0.2, 0) is 11.0 Å². The quantitative estimate of drug-likeness (QED) is 0.310. The SMILES string of the molecule is O=C(CCSc1nc(-c2ccc3c(c2)OCO3)cc(C(F)(F)F)n1)Nc1ccc(O)cc1. The van der Waals surface area contributed by atoms with Gasteiger partial charge in [-0.2, -0.15) is 13.2 Å².